The number of amides is 2. The van der Waals surface area contributed by atoms with Gasteiger partial charge in [-0.3, -0.25) is 14.4 Å². The molecule has 0 bridgehead atoms. The van der Waals surface area contributed by atoms with Gasteiger partial charge in [-0.05, 0) is 67.9 Å². The standard InChI is InChI=1S/C30H29Cl2N3O7/c1-16-13-40-14-17(2)35(16)25-7-4-19(10-24(25)34-30(39)20-5-8-26-27(11-20)42-15-41-26)29(38)33-23(12-28(36)37)18-3-6-21(31)22(32)9-18/h3-11,16-17,23H,12-15H2,1-2H3,(H,33,38)(H,34,39)(H,36,37). The van der Waals surface area contributed by atoms with Crippen LogP contribution in [0.2, 0.25) is 10.0 Å². The zero-order chi connectivity index (χ0) is 30.0. The average molecular weight is 614 g/mol. The summed E-state index contributed by atoms with van der Waals surface area (Å²) in [5.74, 6) is -1.01. The van der Waals surface area contributed by atoms with Crippen molar-refractivity contribution in [3.05, 3.63) is 81.3 Å². The number of rotatable bonds is 8. The van der Waals surface area contributed by atoms with Gasteiger partial charge in [0.1, 0.15) is 0 Å². The molecule has 3 aromatic carbocycles. The molecule has 1 saturated heterocycles. The van der Waals surface area contributed by atoms with Gasteiger partial charge in [0, 0.05) is 23.2 Å². The molecule has 1 fully saturated rings. The third kappa shape index (κ3) is 6.41. The number of morpholine rings is 1. The number of hydrogen-bond acceptors (Lipinski definition) is 7. The van der Waals surface area contributed by atoms with Crippen molar-refractivity contribution in [2.24, 2.45) is 0 Å². The first-order chi connectivity index (χ1) is 20.1. The van der Waals surface area contributed by atoms with Crippen molar-refractivity contribution in [1.82, 2.24) is 5.32 Å². The van der Waals surface area contributed by atoms with Gasteiger partial charge in [0.2, 0.25) is 6.79 Å². The molecular weight excluding hydrogens is 585 g/mol. The number of hydrogen-bond donors (Lipinski definition) is 3. The Kier molecular flexibility index (Phi) is 8.77. The first kappa shape index (κ1) is 29.5. The molecule has 220 valence electrons. The summed E-state index contributed by atoms with van der Waals surface area (Å²) in [6, 6.07) is 13.7. The minimum Gasteiger partial charge on any atom is -0.481 e. The van der Waals surface area contributed by atoms with E-state index in [-0.39, 0.29) is 35.9 Å². The maximum absolute atomic E-state index is 13.5. The van der Waals surface area contributed by atoms with Gasteiger partial charge < -0.3 is 34.9 Å². The molecule has 0 radical (unpaired) electrons. The molecule has 0 aliphatic carbocycles. The van der Waals surface area contributed by atoms with Gasteiger partial charge in [-0.15, -0.1) is 0 Å². The van der Waals surface area contributed by atoms with Crippen LogP contribution in [0.5, 0.6) is 11.5 Å². The molecule has 0 spiro atoms. The predicted octanol–water partition coefficient (Wildman–Crippen LogP) is 5.53. The summed E-state index contributed by atoms with van der Waals surface area (Å²) in [5, 5.41) is 15.8. The van der Waals surface area contributed by atoms with Crippen molar-refractivity contribution in [2.45, 2.75) is 38.4 Å². The van der Waals surface area contributed by atoms with Gasteiger partial charge in [-0.1, -0.05) is 29.3 Å². The number of carboxylic acids is 1. The summed E-state index contributed by atoms with van der Waals surface area (Å²) in [6.07, 6.45) is -0.377. The molecule has 5 rings (SSSR count). The summed E-state index contributed by atoms with van der Waals surface area (Å²) in [4.78, 5) is 40.6. The summed E-state index contributed by atoms with van der Waals surface area (Å²) >= 11 is 12.2. The summed E-state index contributed by atoms with van der Waals surface area (Å²) in [5.41, 5.74) is 2.20. The van der Waals surface area contributed by atoms with Gasteiger partial charge in [0.25, 0.3) is 11.8 Å². The number of halogens is 2. The Balaban J connectivity index is 1.47. The highest BCUT2D eigenvalue weighted by Crippen LogP contribution is 2.35. The van der Waals surface area contributed by atoms with E-state index in [2.05, 4.69) is 15.5 Å². The Morgan fingerprint density at radius 2 is 1.60 bits per heavy atom. The van der Waals surface area contributed by atoms with Gasteiger partial charge in [0.15, 0.2) is 11.5 Å². The van der Waals surface area contributed by atoms with Gasteiger partial charge in [-0.25, -0.2) is 0 Å². The zero-order valence-electron chi connectivity index (χ0n) is 22.9. The Morgan fingerprint density at radius 3 is 2.31 bits per heavy atom. The molecule has 3 aromatic rings. The number of benzene rings is 3. The van der Waals surface area contributed by atoms with Crippen molar-refractivity contribution in [3.8, 4) is 11.5 Å². The maximum Gasteiger partial charge on any atom is 0.305 e. The number of nitrogens with zero attached hydrogens (tertiary/aromatic N) is 1. The van der Waals surface area contributed by atoms with Crippen molar-refractivity contribution in [2.75, 3.05) is 30.2 Å². The second-order valence-corrected chi connectivity index (χ2v) is 11.0. The molecule has 2 aliphatic rings. The fourth-order valence-corrected chi connectivity index (χ4v) is 5.42. The monoisotopic (exact) mass is 613 g/mol. The average Bonchev–Trinajstić information content (AvgIpc) is 3.42. The zero-order valence-corrected chi connectivity index (χ0v) is 24.4. The number of carbonyl (C=O) groups is 3. The fourth-order valence-electron chi connectivity index (χ4n) is 5.11. The van der Waals surface area contributed by atoms with Crippen LogP contribution in [0.25, 0.3) is 0 Å². The highest BCUT2D eigenvalue weighted by atomic mass is 35.5. The summed E-state index contributed by atoms with van der Waals surface area (Å²) < 4.78 is 16.5. The van der Waals surface area contributed by atoms with Crippen LogP contribution >= 0.6 is 23.2 Å². The van der Waals surface area contributed by atoms with Crippen LogP contribution in [0.15, 0.2) is 54.6 Å². The molecule has 2 amide bonds. The molecule has 3 unspecified atom stereocenters. The van der Waals surface area contributed by atoms with Gasteiger partial charge in [-0.2, -0.15) is 0 Å². The number of carboxylic acid groups (broad SMARTS) is 1. The Morgan fingerprint density at radius 1 is 0.905 bits per heavy atom. The first-order valence-electron chi connectivity index (χ1n) is 13.3. The van der Waals surface area contributed by atoms with E-state index in [0.717, 1.165) is 5.69 Å². The highest BCUT2D eigenvalue weighted by molar-refractivity contribution is 6.42. The SMILES string of the molecule is CC1COCC(C)N1c1ccc(C(=O)NC(CC(=O)O)c2ccc(Cl)c(Cl)c2)cc1NC(=O)c1ccc2c(c1)OCO2. The van der Waals surface area contributed by atoms with Crippen LogP contribution < -0.4 is 25.0 Å². The van der Waals surface area contributed by atoms with Crippen molar-refractivity contribution < 1.29 is 33.7 Å². The van der Waals surface area contributed by atoms with Gasteiger partial charge in [0.05, 0.1) is 47.1 Å². The Labute approximate surface area is 252 Å². The van der Waals surface area contributed by atoms with Crippen LogP contribution in [-0.2, 0) is 9.53 Å². The van der Waals surface area contributed by atoms with Crippen LogP contribution in [0.3, 0.4) is 0 Å². The maximum atomic E-state index is 13.5. The number of carbonyl (C=O) groups excluding carboxylic acids is 2. The second-order valence-electron chi connectivity index (χ2n) is 10.2. The topological polar surface area (TPSA) is 126 Å². The third-order valence-corrected chi connectivity index (χ3v) is 7.86. The smallest absolute Gasteiger partial charge is 0.305 e. The minimum atomic E-state index is -1.10. The number of aliphatic carboxylic acids is 1. The van der Waals surface area contributed by atoms with Gasteiger partial charge >= 0.3 is 5.97 Å². The predicted molar refractivity (Wildman–Crippen MR) is 158 cm³/mol. The van der Waals surface area contributed by atoms with Crippen molar-refractivity contribution in [3.63, 3.8) is 0 Å². The van der Waals surface area contributed by atoms with E-state index in [4.69, 9.17) is 37.4 Å². The fraction of sp³-hybridized carbons (Fsp3) is 0.300. The molecule has 2 aliphatic heterocycles. The van der Waals surface area contributed by atoms with E-state index >= 15 is 0 Å². The minimum absolute atomic E-state index is 0.00391. The molecular formula is C30H29Cl2N3O7. The lowest BCUT2D eigenvalue weighted by Crippen LogP contribution is -2.50. The van der Waals surface area contributed by atoms with Crippen LogP contribution in [0, 0.1) is 0 Å². The van der Waals surface area contributed by atoms with E-state index in [9.17, 15) is 19.5 Å². The molecule has 0 saturated carbocycles. The number of nitrogens with one attached hydrogen (secondary N) is 2. The number of anilines is 2. The Bertz CT molecular complexity index is 1520. The van der Waals surface area contributed by atoms with Crippen LogP contribution in [-0.4, -0.2) is 55.0 Å². The summed E-state index contributed by atoms with van der Waals surface area (Å²) in [6.45, 7) is 5.13. The quantitative estimate of drug-likeness (QED) is 0.302. The van der Waals surface area contributed by atoms with E-state index in [1.165, 1.54) is 6.07 Å². The molecule has 0 aromatic heterocycles. The lowest BCUT2D eigenvalue weighted by atomic mass is 10.0. The van der Waals surface area contributed by atoms with Crippen LogP contribution in [0.4, 0.5) is 11.4 Å². The molecule has 2 heterocycles. The lowest BCUT2D eigenvalue weighted by Gasteiger charge is -2.41. The highest BCUT2D eigenvalue weighted by Gasteiger charge is 2.29. The van der Waals surface area contributed by atoms with E-state index in [0.29, 0.717) is 46.5 Å². The lowest BCUT2D eigenvalue weighted by molar-refractivity contribution is -0.137. The molecule has 42 heavy (non-hydrogen) atoms. The number of fused-ring (bicyclic) bond motifs is 1. The molecule has 12 heteroatoms. The largest absolute Gasteiger partial charge is 0.481 e. The summed E-state index contributed by atoms with van der Waals surface area (Å²) in [7, 11) is 0. The normalized spacial score (nSPS) is 18.3. The second kappa shape index (κ2) is 12.5. The van der Waals surface area contributed by atoms with E-state index in [1.54, 1.807) is 48.5 Å². The molecule has 10 nitrogen and oxygen atoms in total. The van der Waals surface area contributed by atoms with Crippen LogP contribution in [0.1, 0.15) is 52.6 Å². The Hall–Kier alpha value is -3.99. The first-order valence-corrected chi connectivity index (χ1v) is 14.0. The van der Waals surface area contributed by atoms with E-state index in [1.807, 2.05) is 13.8 Å². The molecule has 3 N–H and O–H groups in total. The molecule has 3 atom stereocenters. The number of ether oxygens (including phenoxy) is 3. The van der Waals surface area contributed by atoms with Crippen molar-refractivity contribution in [1.29, 1.82) is 0 Å². The van der Waals surface area contributed by atoms with Crippen molar-refractivity contribution >= 4 is 52.4 Å². The van der Waals surface area contributed by atoms with E-state index < -0.39 is 23.8 Å². The third-order valence-electron chi connectivity index (χ3n) is 7.12.